The molecule has 2 rings (SSSR count). The van der Waals surface area contributed by atoms with Crippen molar-refractivity contribution in [2.75, 3.05) is 0 Å². The predicted octanol–water partition coefficient (Wildman–Crippen LogP) is 5.36. The third kappa shape index (κ3) is 4.62. The summed E-state index contributed by atoms with van der Waals surface area (Å²) in [6.07, 6.45) is 11.2. The minimum Gasteiger partial charge on any atom is -0.236 e. The van der Waals surface area contributed by atoms with Gasteiger partial charge in [0.05, 0.1) is 0 Å². The summed E-state index contributed by atoms with van der Waals surface area (Å²) in [5.41, 5.74) is 2.68. The molecule has 0 atom stereocenters. The van der Waals surface area contributed by atoms with Gasteiger partial charge in [0.15, 0.2) is 5.82 Å². The van der Waals surface area contributed by atoms with Gasteiger partial charge in [-0.3, -0.25) is 0 Å². The highest BCUT2D eigenvalue weighted by atomic mass is 19.1. The summed E-state index contributed by atoms with van der Waals surface area (Å²) in [4.78, 5) is 8.77. The van der Waals surface area contributed by atoms with Crippen molar-refractivity contribution in [1.29, 1.82) is 0 Å². The zero-order valence-corrected chi connectivity index (χ0v) is 13.6. The van der Waals surface area contributed by atoms with Crippen LogP contribution in [0.1, 0.15) is 57.1 Å². The summed E-state index contributed by atoms with van der Waals surface area (Å²) in [5.74, 6) is 0.446. The maximum Gasteiger partial charge on any atom is 0.159 e. The van der Waals surface area contributed by atoms with Gasteiger partial charge in [-0.15, -0.1) is 0 Å². The van der Waals surface area contributed by atoms with Crippen LogP contribution in [0.25, 0.3) is 11.4 Å². The van der Waals surface area contributed by atoms with Gasteiger partial charge in [-0.05, 0) is 42.9 Å². The molecule has 0 unspecified atom stereocenters. The summed E-state index contributed by atoms with van der Waals surface area (Å²) in [6.45, 7) is 4.31. The van der Waals surface area contributed by atoms with E-state index in [0.29, 0.717) is 5.82 Å². The van der Waals surface area contributed by atoms with Gasteiger partial charge in [-0.1, -0.05) is 45.2 Å². The molecule has 0 saturated heterocycles. The lowest BCUT2D eigenvalue weighted by molar-refractivity contribution is 0.603. The van der Waals surface area contributed by atoms with E-state index >= 15 is 0 Å². The fraction of sp³-hybridized carbons (Fsp3) is 0.474. The van der Waals surface area contributed by atoms with Gasteiger partial charge in [-0.2, -0.15) is 0 Å². The van der Waals surface area contributed by atoms with E-state index in [1.165, 1.54) is 19.3 Å². The molecule has 1 aromatic heterocycles. The van der Waals surface area contributed by atoms with Gasteiger partial charge < -0.3 is 0 Å². The van der Waals surface area contributed by atoms with Crippen LogP contribution in [0.4, 0.5) is 4.39 Å². The minimum atomic E-state index is -0.151. The second kappa shape index (κ2) is 8.62. The molecule has 22 heavy (non-hydrogen) atoms. The minimum absolute atomic E-state index is 0.151. The number of nitrogens with zero attached hydrogens (tertiary/aromatic N) is 2. The molecular formula is C19H25FN2. The van der Waals surface area contributed by atoms with Crippen LogP contribution < -0.4 is 0 Å². The van der Waals surface area contributed by atoms with Crippen molar-refractivity contribution in [2.45, 2.75) is 58.8 Å². The molecule has 0 amide bonds. The van der Waals surface area contributed by atoms with E-state index in [2.05, 4.69) is 23.8 Å². The average molecular weight is 300 g/mol. The molecule has 2 aromatic rings. The Morgan fingerprint density at radius 2 is 1.64 bits per heavy atom. The highest BCUT2D eigenvalue weighted by molar-refractivity contribution is 5.55. The van der Waals surface area contributed by atoms with E-state index in [1.54, 1.807) is 6.07 Å². The van der Waals surface area contributed by atoms with Crippen molar-refractivity contribution in [3.8, 4) is 11.4 Å². The molecule has 0 fully saturated rings. The Balaban J connectivity index is 2.06. The molecular weight excluding hydrogens is 275 g/mol. The molecule has 0 radical (unpaired) electrons. The fourth-order valence-electron chi connectivity index (χ4n) is 2.47. The SMILES string of the molecule is CCCCCc1cnc(-c2ccc(CCCC)c(F)c2)nc1. The first kappa shape index (κ1) is 16.6. The quantitative estimate of drug-likeness (QED) is 0.613. The van der Waals surface area contributed by atoms with Crippen LogP contribution in [-0.2, 0) is 12.8 Å². The van der Waals surface area contributed by atoms with Crippen LogP contribution in [0.15, 0.2) is 30.6 Å². The Bertz CT molecular complexity index is 578. The van der Waals surface area contributed by atoms with Crippen LogP contribution in [0.3, 0.4) is 0 Å². The summed E-state index contributed by atoms with van der Waals surface area (Å²) in [6, 6.07) is 5.33. The summed E-state index contributed by atoms with van der Waals surface area (Å²) in [5, 5.41) is 0. The van der Waals surface area contributed by atoms with Crippen LogP contribution in [0.5, 0.6) is 0 Å². The van der Waals surface area contributed by atoms with Crippen molar-refractivity contribution in [1.82, 2.24) is 9.97 Å². The maximum atomic E-state index is 14.1. The third-order valence-corrected chi connectivity index (χ3v) is 3.89. The van der Waals surface area contributed by atoms with Gasteiger partial charge in [-0.25, -0.2) is 14.4 Å². The molecule has 3 heteroatoms. The first-order valence-electron chi connectivity index (χ1n) is 8.34. The monoisotopic (exact) mass is 300 g/mol. The standard InChI is InChI=1S/C19H25FN2/c1-3-5-7-8-15-13-21-19(22-14-15)17-11-10-16(9-6-4-2)18(20)12-17/h10-14H,3-9H2,1-2H3. The molecule has 2 nitrogen and oxygen atoms in total. The molecule has 118 valence electrons. The van der Waals surface area contributed by atoms with E-state index in [9.17, 15) is 4.39 Å². The lowest BCUT2D eigenvalue weighted by Gasteiger charge is -2.06. The lowest BCUT2D eigenvalue weighted by Crippen LogP contribution is -1.95. The largest absolute Gasteiger partial charge is 0.236 e. The van der Waals surface area contributed by atoms with Crippen molar-refractivity contribution in [2.24, 2.45) is 0 Å². The van der Waals surface area contributed by atoms with E-state index in [-0.39, 0.29) is 5.82 Å². The lowest BCUT2D eigenvalue weighted by atomic mass is 10.0. The summed E-state index contributed by atoms with van der Waals surface area (Å²) in [7, 11) is 0. The molecule has 0 aliphatic carbocycles. The Morgan fingerprint density at radius 3 is 2.27 bits per heavy atom. The number of aryl methyl sites for hydroxylation is 2. The Hall–Kier alpha value is -1.77. The van der Waals surface area contributed by atoms with Crippen LogP contribution >= 0.6 is 0 Å². The van der Waals surface area contributed by atoms with Crippen molar-refractivity contribution < 1.29 is 4.39 Å². The first-order valence-corrected chi connectivity index (χ1v) is 8.34. The van der Waals surface area contributed by atoms with Crippen LogP contribution in [-0.4, -0.2) is 9.97 Å². The van der Waals surface area contributed by atoms with Gasteiger partial charge in [0, 0.05) is 18.0 Å². The Morgan fingerprint density at radius 1 is 0.909 bits per heavy atom. The van der Waals surface area contributed by atoms with E-state index < -0.39 is 0 Å². The molecule has 1 heterocycles. The zero-order chi connectivity index (χ0) is 15.8. The Labute approximate surface area is 132 Å². The van der Waals surface area contributed by atoms with Gasteiger partial charge in [0.1, 0.15) is 5.82 Å². The smallest absolute Gasteiger partial charge is 0.159 e. The second-order valence-corrected chi connectivity index (χ2v) is 5.78. The molecule has 0 saturated carbocycles. The molecule has 0 N–H and O–H groups in total. The molecule has 0 spiro atoms. The topological polar surface area (TPSA) is 25.8 Å². The molecule has 1 aromatic carbocycles. The van der Waals surface area contributed by atoms with Crippen molar-refractivity contribution >= 4 is 0 Å². The van der Waals surface area contributed by atoms with Gasteiger partial charge in [0.25, 0.3) is 0 Å². The maximum absolute atomic E-state index is 14.1. The van der Waals surface area contributed by atoms with Gasteiger partial charge in [0.2, 0.25) is 0 Å². The van der Waals surface area contributed by atoms with Crippen LogP contribution in [0.2, 0.25) is 0 Å². The van der Waals surface area contributed by atoms with E-state index in [1.807, 2.05) is 24.5 Å². The van der Waals surface area contributed by atoms with Crippen molar-refractivity contribution in [3.05, 3.63) is 47.5 Å². The molecule has 0 bridgehead atoms. The normalized spacial score (nSPS) is 10.9. The zero-order valence-electron chi connectivity index (χ0n) is 13.6. The average Bonchev–Trinajstić information content (AvgIpc) is 2.54. The van der Waals surface area contributed by atoms with Crippen LogP contribution in [0, 0.1) is 5.82 Å². The first-order chi connectivity index (χ1) is 10.7. The molecule has 0 aliphatic rings. The number of rotatable bonds is 8. The highest BCUT2D eigenvalue weighted by Crippen LogP contribution is 2.20. The fourth-order valence-corrected chi connectivity index (χ4v) is 2.47. The number of aromatic nitrogens is 2. The molecule has 0 aliphatic heterocycles. The van der Waals surface area contributed by atoms with Gasteiger partial charge >= 0.3 is 0 Å². The highest BCUT2D eigenvalue weighted by Gasteiger charge is 2.07. The number of benzene rings is 1. The third-order valence-electron chi connectivity index (χ3n) is 3.89. The van der Waals surface area contributed by atoms with E-state index in [0.717, 1.165) is 42.4 Å². The second-order valence-electron chi connectivity index (χ2n) is 5.78. The van der Waals surface area contributed by atoms with Crippen molar-refractivity contribution in [3.63, 3.8) is 0 Å². The number of hydrogen-bond acceptors (Lipinski definition) is 2. The number of hydrogen-bond donors (Lipinski definition) is 0. The summed E-state index contributed by atoms with van der Waals surface area (Å²) < 4.78 is 14.1. The number of unbranched alkanes of at least 4 members (excludes halogenated alkanes) is 3. The van der Waals surface area contributed by atoms with E-state index in [4.69, 9.17) is 0 Å². The predicted molar refractivity (Wildman–Crippen MR) is 89.3 cm³/mol. The Kier molecular flexibility index (Phi) is 6.50. The number of halogens is 1. The summed E-state index contributed by atoms with van der Waals surface area (Å²) >= 11 is 0.